The third-order valence-electron chi connectivity index (χ3n) is 3.13. The third-order valence-corrected chi connectivity index (χ3v) is 4.97. The number of hydrogen-bond acceptors (Lipinski definition) is 4. The summed E-state index contributed by atoms with van der Waals surface area (Å²) in [4.78, 5) is 21.2. The molecule has 0 saturated carbocycles. The van der Waals surface area contributed by atoms with Crippen molar-refractivity contribution in [1.29, 1.82) is 0 Å². The summed E-state index contributed by atoms with van der Waals surface area (Å²) in [6.45, 7) is 0. The molecule has 0 spiro atoms. The van der Waals surface area contributed by atoms with Crippen molar-refractivity contribution in [3.63, 3.8) is 0 Å². The minimum absolute atomic E-state index is 0.00120. The third kappa shape index (κ3) is 4.46. The van der Waals surface area contributed by atoms with Crippen molar-refractivity contribution in [3.05, 3.63) is 58.4 Å². The van der Waals surface area contributed by atoms with E-state index in [1.54, 1.807) is 0 Å². The van der Waals surface area contributed by atoms with Gasteiger partial charge < -0.3 is 10.8 Å². The molecule has 0 saturated heterocycles. The predicted molar refractivity (Wildman–Crippen MR) is 88.5 cm³/mol. The second-order valence-corrected chi connectivity index (χ2v) is 7.07. The zero-order chi connectivity index (χ0) is 18.8. The molecule has 7 nitrogen and oxygen atoms in total. The molecule has 25 heavy (non-hydrogen) atoms. The molecular formula is C15H12ClFN2O5S. The van der Waals surface area contributed by atoms with Crippen molar-refractivity contribution in [2.75, 3.05) is 4.72 Å². The fraction of sp³-hybridized carbons (Fsp3) is 0.0667. The number of nitrogens with one attached hydrogen (secondary N) is 1. The summed E-state index contributed by atoms with van der Waals surface area (Å²) in [7, 11) is -4.26. The van der Waals surface area contributed by atoms with Crippen LogP contribution in [0.4, 0.5) is 10.1 Å². The first kappa shape index (κ1) is 18.7. The monoisotopic (exact) mass is 386 g/mol. The molecule has 0 aromatic heterocycles. The smallest absolute Gasteiger partial charge is 0.338 e. The fourth-order valence-corrected chi connectivity index (χ4v) is 3.60. The SMILES string of the molecule is NC(=O)Cc1ccc(NS(=O)(=O)c2cc(C(=O)O)c(F)cc2Cl)cc1. The molecule has 0 aliphatic rings. The summed E-state index contributed by atoms with van der Waals surface area (Å²) in [5, 5.41) is 8.44. The van der Waals surface area contributed by atoms with Gasteiger partial charge in [-0.1, -0.05) is 23.7 Å². The Morgan fingerprint density at radius 3 is 2.32 bits per heavy atom. The summed E-state index contributed by atoms with van der Waals surface area (Å²) in [5.41, 5.74) is 4.98. The summed E-state index contributed by atoms with van der Waals surface area (Å²) < 4.78 is 40.5. The maximum absolute atomic E-state index is 13.5. The molecule has 2 aromatic carbocycles. The number of carbonyl (C=O) groups excluding carboxylic acids is 1. The number of amides is 1. The van der Waals surface area contributed by atoms with E-state index in [1.807, 2.05) is 0 Å². The van der Waals surface area contributed by atoms with Crippen molar-refractivity contribution >= 4 is 39.2 Å². The van der Waals surface area contributed by atoms with Gasteiger partial charge in [0, 0.05) is 5.69 Å². The predicted octanol–water partition coefficient (Wildman–Crippen LogP) is 2.01. The Morgan fingerprint density at radius 2 is 1.80 bits per heavy atom. The Hall–Kier alpha value is -2.65. The lowest BCUT2D eigenvalue weighted by Gasteiger charge is -2.11. The van der Waals surface area contributed by atoms with Crippen LogP contribution in [0.3, 0.4) is 0 Å². The maximum atomic E-state index is 13.5. The Balaban J connectivity index is 2.35. The molecule has 132 valence electrons. The van der Waals surface area contributed by atoms with Gasteiger partial charge in [0.1, 0.15) is 10.7 Å². The van der Waals surface area contributed by atoms with Gasteiger partial charge in [-0.3, -0.25) is 9.52 Å². The van der Waals surface area contributed by atoms with E-state index in [9.17, 15) is 22.4 Å². The van der Waals surface area contributed by atoms with Crippen molar-refractivity contribution < 1.29 is 27.5 Å². The molecule has 0 atom stereocenters. The topological polar surface area (TPSA) is 127 Å². The number of nitrogens with two attached hydrogens (primary N) is 1. The van der Waals surface area contributed by atoms with Crippen molar-refractivity contribution in [2.45, 2.75) is 11.3 Å². The molecule has 0 fully saturated rings. The van der Waals surface area contributed by atoms with Crippen LogP contribution in [0.25, 0.3) is 0 Å². The van der Waals surface area contributed by atoms with Gasteiger partial charge in [0.05, 0.1) is 17.0 Å². The van der Waals surface area contributed by atoms with Crippen LogP contribution >= 0.6 is 11.6 Å². The minimum Gasteiger partial charge on any atom is -0.478 e. The van der Waals surface area contributed by atoms with Crippen LogP contribution in [0.5, 0.6) is 0 Å². The van der Waals surface area contributed by atoms with Crippen molar-refractivity contribution in [2.24, 2.45) is 5.73 Å². The molecule has 1 amide bonds. The van der Waals surface area contributed by atoms with Gasteiger partial charge in [-0.15, -0.1) is 0 Å². The second kappa shape index (κ2) is 7.08. The van der Waals surface area contributed by atoms with Gasteiger partial charge in [-0.25, -0.2) is 17.6 Å². The van der Waals surface area contributed by atoms with E-state index in [2.05, 4.69) is 4.72 Å². The largest absolute Gasteiger partial charge is 0.478 e. The zero-order valence-electron chi connectivity index (χ0n) is 12.5. The minimum atomic E-state index is -4.26. The van der Waals surface area contributed by atoms with E-state index < -0.39 is 43.2 Å². The number of primary amides is 1. The lowest BCUT2D eigenvalue weighted by Crippen LogP contribution is -2.16. The first-order valence-corrected chi connectivity index (χ1v) is 8.58. The van der Waals surface area contributed by atoms with Crippen molar-refractivity contribution in [1.82, 2.24) is 0 Å². The number of carboxylic acids is 1. The van der Waals surface area contributed by atoms with E-state index in [4.69, 9.17) is 22.4 Å². The molecule has 0 aliphatic carbocycles. The summed E-state index contributed by atoms with van der Waals surface area (Å²) >= 11 is 5.74. The van der Waals surface area contributed by atoms with Crippen LogP contribution in [0.15, 0.2) is 41.3 Å². The van der Waals surface area contributed by atoms with Crippen LogP contribution in [0, 0.1) is 5.82 Å². The number of anilines is 1. The standard InChI is InChI=1S/C15H12ClFN2O5S/c16-11-7-12(17)10(15(21)22)6-13(11)25(23,24)19-9-3-1-8(2-4-9)5-14(18)20/h1-4,6-7,19H,5H2,(H2,18,20)(H,21,22). The number of benzene rings is 2. The number of carbonyl (C=O) groups is 2. The quantitative estimate of drug-likeness (QED) is 0.699. The lowest BCUT2D eigenvalue weighted by atomic mass is 10.1. The number of aromatic carboxylic acids is 1. The first-order valence-electron chi connectivity index (χ1n) is 6.72. The lowest BCUT2D eigenvalue weighted by molar-refractivity contribution is -0.117. The molecule has 0 bridgehead atoms. The van der Waals surface area contributed by atoms with Gasteiger partial charge in [0.25, 0.3) is 10.0 Å². The van der Waals surface area contributed by atoms with E-state index in [1.165, 1.54) is 24.3 Å². The zero-order valence-corrected chi connectivity index (χ0v) is 14.1. The fourth-order valence-electron chi connectivity index (χ4n) is 2.00. The van der Waals surface area contributed by atoms with E-state index in [0.29, 0.717) is 17.7 Å². The molecule has 0 heterocycles. The van der Waals surface area contributed by atoms with Crippen LogP contribution in [-0.4, -0.2) is 25.4 Å². The second-order valence-electron chi connectivity index (χ2n) is 5.01. The van der Waals surface area contributed by atoms with E-state index >= 15 is 0 Å². The Kier molecular flexibility index (Phi) is 5.29. The van der Waals surface area contributed by atoms with Crippen LogP contribution in [0.1, 0.15) is 15.9 Å². The summed E-state index contributed by atoms with van der Waals surface area (Å²) in [5.74, 6) is -3.30. The number of carboxylic acid groups (broad SMARTS) is 1. The van der Waals surface area contributed by atoms with Crippen LogP contribution in [-0.2, 0) is 21.2 Å². The van der Waals surface area contributed by atoms with Crippen molar-refractivity contribution in [3.8, 4) is 0 Å². The molecule has 0 aliphatic heterocycles. The summed E-state index contributed by atoms with van der Waals surface area (Å²) in [6.07, 6.45) is -0.00120. The van der Waals surface area contributed by atoms with Gasteiger partial charge >= 0.3 is 5.97 Å². The van der Waals surface area contributed by atoms with Gasteiger partial charge in [-0.05, 0) is 29.8 Å². The first-order chi connectivity index (χ1) is 11.6. The molecule has 0 radical (unpaired) electrons. The number of sulfonamides is 1. The molecular weight excluding hydrogens is 375 g/mol. The van der Waals surface area contributed by atoms with Gasteiger partial charge in [0.15, 0.2) is 0 Å². The van der Waals surface area contributed by atoms with Crippen LogP contribution in [0.2, 0.25) is 5.02 Å². The van der Waals surface area contributed by atoms with Gasteiger partial charge in [0.2, 0.25) is 5.91 Å². The normalized spacial score (nSPS) is 11.1. The average molecular weight is 387 g/mol. The Bertz CT molecular complexity index is 945. The van der Waals surface area contributed by atoms with E-state index in [0.717, 1.165) is 0 Å². The highest BCUT2D eigenvalue weighted by atomic mass is 35.5. The molecule has 10 heteroatoms. The highest BCUT2D eigenvalue weighted by Crippen LogP contribution is 2.27. The number of halogens is 2. The highest BCUT2D eigenvalue weighted by molar-refractivity contribution is 7.92. The van der Waals surface area contributed by atoms with Gasteiger partial charge in [-0.2, -0.15) is 0 Å². The average Bonchev–Trinajstić information content (AvgIpc) is 2.47. The molecule has 4 N–H and O–H groups in total. The molecule has 0 unspecified atom stereocenters. The maximum Gasteiger partial charge on any atom is 0.338 e. The Morgan fingerprint density at radius 1 is 1.20 bits per heavy atom. The molecule has 2 rings (SSSR count). The molecule has 2 aromatic rings. The number of rotatable bonds is 6. The van der Waals surface area contributed by atoms with E-state index in [-0.39, 0.29) is 12.1 Å². The highest BCUT2D eigenvalue weighted by Gasteiger charge is 2.23. The summed E-state index contributed by atoms with van der Waals surface area (Å²) in [6, 6.07) is 7.05. The van der Waals surface area contributed by atoms with Crippen LogP contribution < -0.4 is 10.5 Å². The Labute approximate surface area is 147 Å². The number of hydrogen-bond donors (Lipinski definition) is 3.